The van der Waals surface area contributed by atoms with Crippen molar-refractivity contribution in [3.05, 3.63) is 29.3 Å². The maximum absolute atomic E-state index is 14.2. The third-order valence-corrected chi connectivity index (χ3v) is 4.30. The quantitative estimate of drug-likeness (QED) is 0.659. The van der Waals surface area contributed by atoms with Crippen molar-refractivity contribution in [3.8, 4) is 0 Å². The maximum Gasteiger partial charge on any atom is 0.302 e. The molecule has 0 amide bonds. The van der Waals surface area contributed by atoms with Crippen LogP contribution in [-0.2, 0) is 9.53 Å². The third kappa shape index (κ3) is 4.60. The van der Waals surface area contributed by atoms with E-state index in [-0.39, 0.29) is 22.2 Å². The Morgan fingerprint density at radius 2 is 1.91 bits per heavy atom. The zero-order chi connectivity index (χ0) is 17.0. The molecule has 0 aromatic heterocycles. The molecule has 1 aliphatic rings. The minimum atomic E-state index is -0.647. The van der Waals surface area contributed by atoms with Gasteiger partial charge < -0.3 is 15.4 Å². The molecule has 0 unspecified atom stereocenters. The van der Waals surface area contributed by atoms with Crippen LogP contribution in [0.2, 0.25) is 0 Å². The molecular formula is C16H20F2N2O2S. The molecule has 1 aromatic carbocycles. The average molecular weight is 342 g/mol. The van der Waals surface area contributed by atoms with Crippen LogP contribution in [0, 0.1) is 17.6 Å². The molecule has 1 aromatic rings. The number of nitrogens with two attached hydrogens (primary N) is 1. The maximum atomic E-state index is 14.2. The lowest BCUT2D eigenvalue weighted by Crippen LogP contribution is -2.35. The van der Waals surface area contributed by atoms with E-state index in [1.807, 2.05) is 0 Å². The average Bonchev–Trinajstić information content (AvgIpc) is 2.47. The molecule has 0 aliphatic carbocycles. The molecule has 0 radical (unpaired) electrons. The van der Waals surface area contributed by atoms with Gasteiger partial charge in [0, 0.05) is 25.6 Å². The standard InChI is InChI=1S/C16H20F2N2O2S/c1-10(21)22-7-4-11-2-5-20(6-3-11)15-13(17)8-12(16(19)23)9-14(15)18/h8-9,11H,2-7H2,1H3,(H2,19,23). The van der Waals surface area contributed by atoms with E-state index in [2.05, 4.69) is 0 Å². The van der Waals surface area contributed by atoms with Crippen molar-refractivity contribution in [2.45, 2.75) is 26.2 Å². The van der Waals surface area contributed by atoms with E-state index in [4.69, 9.17) is 22.7 Å². The van der Waals surface area contributed by atoms with Gasteiger partial charge in [-0.25, -0.2) is 8.78 Å². The number of ether oxygens (including phenoxy) is 1. The minimum Gasteiger partial charge on any atom is -0.466 e. The van der Waals surface area contributed by atoms with Crippen LogP contribution in [0.15, 0.2) is 12.1 Å². The molecule has 0 atom stereocenters. The summed E-state index contributed by atoms with van der Waals surface area (Å²) in [6.45, 7) is 2.90. The van der Waals surface area contributed by atoms with Gasteiger partial charge in [0.2, 0.25) is 0 Å². The SMILES string of the molecule is CC(=O)OCCC1CCN(c2c(F)cc(C(N)=S)cc2F)CC1. The van der Waals surface area contributed by atoms with Crippen LogP contribution >= 0.6 is 12.2 Å². The number of nitrogens with zero attached hydrogens (tertiary/aromatic N) is 1. The van der Waals surface area contributed by atoms with E-state index in [1.54, 1.807) is 4.90 Å². The van der Waals surface area contributed by atoms with Gasteiger partial charge in [0.1, 0.15) is 22.3 Å². The summed E-state index contributed by atoms with van der Waals surface area (Å²) < 4.78 is 33.3. The van der Waals surface area contributed by atoms with E-state index in [1.165, 1.54) is 19.1 Å². The molecular weight excluding hydrogens is 322 g/mol. The van der Waals surface area contributed by atoms with Gasteiger partial charge in [0.25, 0.3) is 0 Å². The van der Waals surface area contributed by atoms with Gasteiger partial charge >= 0.3 is 5.97 Å². The smallest absolute Gasteiger partial charge is 0.302 e. The predicted octanol–water partition coefficient (Wildman–Crippen LogP) is 2.77. The monoisotopic (exact) mass is 342 g/mol. The zero-order valence-electron chi connectivity index (χ0n) is 13.0. The molecule has 0 bridgehead atoms. The summed E-state index contributed by atoms with van der Waals surface area (Å²) in [7, 11) is 0. The Hall–Kier alpha value is -1.76. The number of thiocarbonyl (C=S) groups is 1. The Balaban J connectivity index is 1.97. The summed E-state index contributed by atoms with van der Waals surface area (Å²) in [6, 6.07) is 2.35. The third-order valence-electron chi connectivity index (χ3n) is 4.06. The van der Waals surface area contributed by atoms with E-state index < -0.39 is 11.6 Å². The molecule has 7 heteroatoms. The van der Waals surface area contributed by atoms with Gasteiger partial charge in [-0.3, -0.25) is 4.79 Å². The molecule has 2 N–H and O–H groups in total. The van der Waals surface area contributed by atoms with Crippen LogP contribution in [0.3, 0.4) is 0 Å². The first-order valence-electron chi connectivity index (χ1n) is 7.55. The zero-order valence-corrected chi connectivity index (χ0v) is 13.8. The van der Waals surface area contributed by atoms with Gasteiger partial charge in [-0.15, -0.1) is 0 Å². The molecule has 1 fully saturated rings. The van der Waals surface area contributed by atoms with Crippen molar-refractivity contribution in [3.63, 3.8) is 0 Å². The lowest BCUT2D eigenvalue weighted by molar-refractivity contribution is -0.141. The number of esters is 1. The largest absolute Gasteiger partial charge is 0.466 e. The summed E-state index contributed by atoms with van der Waals surface area (Å²) in [5.41, 5.74) is 5.58. The number of anilines is 1. The highest BCUT2D eigenvalue weighted by Crippen LogP contribution is 2.30. The molecule has 1 aliphatic heterocycles. The fraction of sp³-hybridized carbons (Fsp3) is 0.500. The van der Waals surface area contributed by atoms with Crippen LogP contribution in [0.4, 0.5) is 14.5 Å². The van der Waals surface area contributed by atoms with Crippen molar-refractivity contribution in [1.82, 2.24) is 0 Å². The van der Waals surface area contributed by atoms with Crippen LogP contribution < -0.4 is 10.6 Å². The van der Waals surface area contributed by atoms with Gasteiger partial charge in [-0.2, -0.15) is 0 Å². The number of hydrogen-bond donors (Lipinski definition) is 1. The Bertz CT molecular complexity index is 579. The Kier molecular flexibility index (Phi) is 5.87. The number of rotatable bonds is 5. The lowest BCUT2D eigenvalue weighted by atomic mass is 9.93. The minimum absolute atomic E-state index is 0.0246. The normalized spacial score (nSPS) is 15.5. The fourth-order valence-electron chi connectivity index (χ4n) is 2.82. The van der Waals surface area contributed by atoms with Gasteiger partial charge in [0.05, 0.1) is 6.61 Å². The number of piperidine rings is 1. The van der Waals surface area contributed by atoms with Crippen LogP contribution in [0.25, 0.3) is 0 Å². The highest BCUT2D eigenvalue weighted by Gasteiger charge is 2.24. The fourth-order valence-corrected chi connectivity index (χ4v) is 2.94. The Morgan fingerprint density at radius 1 is 1.35 bits per heavy atom. The molecule has 4 nitrogen and oxygen atoms in total. The highest BCUT2D eigenvalue weighted by atomic mass is 32.1. The van der Waals surface area contributed by atoms with Crippen LogP contribution in [0.5, 0.6) is 0 Å². The number of benzene rings is 1. The summed E-state index contributed by atoms with van der Waals surface area (Å²) in [5.74, 6) is -1.19. The molecule has 126 valence electrons. The number of halogens is 2. The van der Waals surface area contributed by atoms with Crippen molar-refractivity contribution < 1.29 is 18.3 Å². The first kappa shape index (κ1) is 17.6. The highest BCUT2D eigenvalue weighted by molar-refractivity contribution is 7.80. The van der Waals surface area contributed by atoms with Gasteiger partial charge in [0.15, 0.2) is 0 Å². The number of carbonyl (C=O) groups excluding carboxylic acids is 1. The Morgan fingerprint density at radius 3 is 2.39 bits per heavy atom. The van der Waals surface area contributed by atoms with Crippen molar-refractivity contribution >= 4 is 28.9 Å². The topological polar surface area (TPSA) is 55.6 Å². The van der Waals surface area contributed by atoms with Gasteiger partial charge in [-0.05, 0) is 37.3 Å². The van der Waals surface area contributed by atoms with Gasteiger partial charge in [-0.1, -0.05) is 12.2 Å². The number of hydrogen-bond acceptors (Lipinski definition) is 4. The second-order valence-electron chi connectivity index (χ2n) is 5.71. The second kappa shape index (κ2) is 7.68. The van der Waals surface area contributed by atoms with Crippen molar-refractivity contribution in [2.24, 2.45) is 11.7 Å². The Labute approximate surface area is 139 Å². The predicted molar refractivity (Wildman–Crippen MR) is 88.4 cm³/mol. The van der Waals surface area contributed by atoms with E-state index in [9.17, 15) is 13.6 Å². The second-order valence-corrected chi connectivity index (χ2v) is 6.15. The summed E-state index contributed by atoms with van der Waals surface area (Å²) >= 11 is 4.75. The van der Waals surface area contributed by atoms with Crippen LogP contribution in [0.1, 0.15) is 31.7 Å². The van der Waals surface area contributed by atoms with E-state index in [0.717, 1.165) is 19.3 Å². The number of carbonyl (C=O) groups is 1. The summed E-state index contributed by atoms with van der Waals surface area (Å²) in [5, 5.41) is 0. The van der Waals surface area contributed by atoms with E-state index in [0.29, 0.717) is 25.6 Å². The molecule has 0 saturated carbocycles. The molecule has 23 heavy (non-hydrogen) atoms. The summed E-state index contributed by atoms with van der Waals surface area (Å²) in [6.07, 6.45) is 2.38. The first-order chi connectivity index (χ1) is 10.9. The summed E-state index contributed by atoms with van der Waals surface area (Å²) in [4.78, 5) is 12.4. The van der Waals surface area contributed by atoms with Crippen molar-refractivity contribution in [2.75, 3.05) is 24.6 Å². The first-order valence-corrected chi connectivity index (χ1v) is 7.96. The van der Waals surface area contributed by atoms with Crippen LogP contribution in [-0.4, -0.2) is 30.7 Å². The lowest BCUT2D eigenvalue weighted by Gasteiger charge is -2.34. The van der Waals surface area contributed by atoms with E-state index >= 15 is 0 Å². The molecule has 0 spiro atoms. The van der Waals surface area contributed by atoms with Crippen molar-refractivity contribution in [1.29, 1.82) is 0 Å². The molecule has 1 heterocycles. The molecule has 1 saturated heterocycles. The molecule has 2 rings (SSSR count).